The van der Waals surface area contributed by atoms with E-state index in [0.717, 1.165) is 23.8 Å². The van der Waals surface area contributed by atoms with Gasteiger partial charge in [0, 0.05) is 18.3 Å². The Kier molecular flexibility index (Phi) is 3.92. The predicted molar refractivity (Wildman–Crippen MR) is 75.7 cm³/mol. The van der Waals surface area contributed by atoms with Crippen molar-refractivity contribution < 1.29 is 0 Å². The van der Waals surface area contributed by atoms with Crippen LogP contribution in [0.4, 0.5) is 5.82 Å². The van der Waals surface area contributed by atoms with Crippen LogP contribution in [0, 0.1) is 0 Å². The van der Waals surface area contributed by atoms with Gasteiger partial charge in [-0.2, -0.15) is 0 Å². The molecule has 1 aromatic carbocycles. The number of anilines is 1. The van der Waals surface area contributed by atoms with Gasteiger partial charge in [-0.1, -0.05) is 38.1 Å². The lowest BCUT2D eigenvalue weighted by Crippen LogP contribution is -2.00. The monoisotopic (exact) mass is 241 g/mol. The fourth-order valence-electron chi connectivity index (χ4n) is 1.79. The first-order valence-electron chi connectivity index (χ1n) is 6.38. The van der Waals surface area contributed by atoms with Crippen LogP contribution in [0.3, 0.4) is 0 Å². The number of nitrogens with zero attached hydrogens (tertiary/aromatic N) is 2. The van der Waals surface area contributed by atoms with Crippen LogP contribution < -0.4 is 5.32 Å². The molecule has 0 spiro atoms. The highest BCUT2D eigenvalue weighted by Crippen LogP contribution is 2.20. The quantitative estimate of drug-likeness (QED) is 0.887. The molecule has 0 unspecified atom stereocenters. The maximum Gasteiger partial charge on any atom is 0.161 e. The molecule has 0 aliphatic carbocycles. The third kappa shape index (κ3) is 2.86. The topological polar surface area (TPSA) is 37.8 Å². The minimum atomic E-state index is 0.549. The molecule has 2 aromatic rings. The molecule has 0 aliphatic heterocycles. The van der Waals surface area contributed by atoms with E-state index in [-0.39, 0.29) is 0 Å². The molecule has 0 fully saturated rings. The van der Waals surface area contributed by atoms with Gasteiger partial charge in [-0.15, -0.1) is 0 Å². The zero-order valence-corrected chi connectivity index (χ0v) is 11.1. The standard InChI is InChI=1S/C15H19N3/c1-4-16-14-9-10-17-15(18-14)13-7-5-12(6-8-13)11(2)3/h5-11H,4H2,1-3H3,(H,16,17,18). The highest BCUT2D eigenvalue weighted by atomic mass is 15.0. The van der Waals surface area contributed by atoms with Gasteiger partial charge in [0.2, 0.25) is 0 Å². The van der Waals surface area contributed by atoms with Crippen LogP contribution in [0.5, 0.6) is 0 Å². The van der Waals surface area contributed by atoms with E-state index in [9.17, 15) is 0 Å². The van der Waals surface area contributed by atoms with Crippen LogP contribution in [-0.4, -0.2) is 16.5 Å². The van der Waals surface area contributed by atoms with Crippen molar-refractivity contribution in [3.8, 4) is 11.4 Å². The average Bonchev–Trinajstić information content (AvgIpc) is 2.39. The lowest BCUT2D eigenvalue weighted by atomic mass is 10.0. The van der Waals surface area contributed by atoms with Gasteiger partial charge in [-0.3, -0.25) is 0 Å². The van der Waals surface area contributed by atoms with Gasteiger partial charge >= 0.3 is 0 Å². The molecular formula is C15H19N3. The first kappa shape index (κ1) is 12.6. The van der Waals surface area contributed by atoms with Crippen LogP contribution in [0.1, 0.15) is 32.3 Å². The molecule has 1 aromatic heterocycles. The molecule has 0 bridgehead atoms. The highest BCUT2D eigenvalue weighted by molar-refractivity contribution is 5.57. The maximum atomic E-state index is 4.49. The summed E-state index contributed by atoms with van der Waals surface area (Å²) in [6.45, 7) is 7.30. The number of hydrogen-bond donors (Lipinski definition) is 1. The summed E-state index contributed by atoms with van der Waals surface area (Å²) >= 11 is 0. The number of benzene rings is 1. The normalized spacial score (nSPS) is 10.7. The summed E-state index contributed by atoms with van der Waals surface area (Å²) in [5.41, 5.74) is 2.39. The summed E-state index contributed by atoms with van der Waals surface area (Å²) in [7, 11) is 0. The van der Waals surface area contributed by atoms with Crippen LogP contribution in [0.2, 0.25) is 0 Å². The molecule has 0 aliphatic rings. The molecule has 94 valence electrons. The van der Waals surface area contributed by atoms with E-state index in [1.165, 1.54) is 5.56 Å². The molecule has 0 radical (unpaired) electrons. The molecule has 0 saturated carbocycles. The van der Waals surface area contributed by atoms with Gasteiger partial charge in [0.1, 0.15) is 5.82 Å². The molecule has 0 atom stereocenters. The summed E-state index contributed by atoms with van der Waals surface area (Å²) in [6, 6.07) is 10.3. The molecule has 1 N–H and O–H groups in total. The summed E-state index contributed by atoms with van der Waals surface area (Å²) in [5, 5.41) is 3.20. The Morgan fingerprint density at radius 2 is 1.83 bits per heavy atom. The molecular weight excluding hydrogens is 222 g/mol. The van der Waals surface area contributed by atoms with Crippen LogP contribution in [0.25, 0.3) is 11.4 Å². The maximum absolute atomic E-state index is 4.49. The Morgan fingerprint density at radius 3 is 2.44 bits per heavy atom. The summed E-state index contributed by atoms with van der Waals surface area (Å²) in [4.78, 5) is 8.80. The van der Waals surface area contributed by atoms with Crippen molar-refractivity contribution >= 4 is 5.82 Å². The largest absolute Gasteiger partial charge is 0.370 e. The second-order valence-corrected chi connectivity index (χ2v) is 4.57. The van der Waals surface area contributed by atoms with Gasteiger partial charge in [-0.05, 0) is 24.5 Å². The van der Waals surface area contributed by atoms with Crippen LogP contribution >= 0.6 is 0 Å². The third-order valence-electron chi connectivity index (χ3n) is 2.85. The van der Waals surface area contributed by atoms with E-state index in [0.29, 0.717) is 5.92 Å². The third-order valence-corrected chi connectivity index (χ3v) is 2.85. The lowest BCUT2D eigenvalue weighted by molar-refractivity contribution is 0.867. The minimum absolute atomic E-state index is 0.549. The zero-order chi connectivity index (χ0) is 13.0. The Hall–Kier alpha value is -1.90. The average molecular weight is 241 g/mol. The van der Waals surface area contributed by atoms with Crippen molar-refractivity contribution in [2.24, 2.45) is 0 Å². The fraction of sp³-hybridized carbons (Fsp3) is 0.333. The molecule has 0 amide bonds. The highest BCUT2D eigenvalue weighted by Gasteiger charge is 2.04. The SMILES string of the molecule is CCNc1ccnc(-c2ccc(C(C)C)cc2)n1. The van der Waals surface area contributed by atoms with E-state index in [4.69, 9.17) is 0 Å². The van der Waals surface area contributed by atoms with Gasteiger partial charge in [-0.25, -0.2) is 9.97 Å². The van der Waals surface area contributed by atoms with E-state index in [2.05, 4.69) is 60.3 Å². The lowest BCUT2D eigenvalue weighted by Gasteiger charge is -2.07. The molecule has 18 heavy (non-hydrogen) atoms. The number of aromatic nitrogens is 2. The number of hydrogen-bond acceptors (Lipinski definition) is 3. The summed E-state index contributed by atoms with van der Waals surface area (Å²) < 4.78 is 0. The van der Waals surface area contributed by atoms with Gasteiger partial charge in [0.25, 0.3) is 0 Å². The molecule has 0 saturated heterocycles. The Labute approximate surface area is 108 Å². The Morgan fingerprint density at radius 1 is 1.11 bits per heavy atom. The van der Waals surface area contributed by atoms with E-state index < -0.39 is 0 Å². The van der Waals surface area contributed by atoms with Gasteiger partial charge in [0.15, 0.2) is 5.82 Å². The molecule has 2 rings (SSSR count). The number of rotatable bonds is 4. The van der Waals surface area contributed by atoms with E-state index in [1.807, 2.05) is 6.07 Å². The van der Waals surface area contributed by atoms with E-state index >= 15 is 0 Å². The van der Waals surface area contributed by atoms with Crippen molar-refractivity contribution in [3.63, 3.8) is 0 Å². The molecule has 3 nitrogen and oxygen atoms in total. The summed E-state index contributed by atoms with van der Waals surface area (Å²) in [5.74, 6) is 2.19. The van der Waals surface area contributed by atoms with Crippen molar-refractivity contribution in [2.75, 3.05) is 11.9 Å². The Balaban J connectivity index is 2.27. The second kappa shape index (κ2) is 5.63. The van der Waals surface area contributed by atoms with Gasteiger partial charge in [0.05, 0.1) is 0 Å². The smallest absolute Gasteiger partial charge is 0.161 e. The van der Waals surface area contributed by atoms with Crippen LogP contribution in [-0.2, 0) is 0 Å². The number of nitrogens with one attached hydrogen (secondary N) is 1. The summed E-state index contributed by atoms with van der Waals surface area (Å²) in [6.07, 6.45) is 1.79. The Bertz CT molecular complexity index is 503. The van der Waals surface area contributed by atoms with Gasteiger partial charge < -0.3 is 5.32 Å². The van der Waals surface area contributed by atoms with Crippen molar-refractivity contribution in [1.29, 1.82) is 0 Å². The fourth-order valence-corrected chi connectivity index (χ4v) is 1.79. The van der Waals surface area contributed by atoms with Crippen molar-refractivity contribution in [2.45, 2.75) is 26.7 Å². The van der Waals surface area contributed by atoms with Crippen molar-refractivity contribution in [1.82, 2.24) is 9.97 Å². The van der Waals surface area contributed by atoms with E-state index in [1.54, 1.807) is 6.20 Å². The molecule has 1 heterocycles. The van der Waals surface area contributed by atoms with Crippen LogP contribution in [0.15, 0.2) is 36.5 Å². The first-order chi connectivity index (χ1) is 8.70. The zero-order valence-electron chi connectivity index (χ0n) is 11.1. The molecule has 3 heteroatoms. The van der Waals surface area contributed by atoms with Crippen molar-refractivity contribution in [3.05, 3.63) is 42.1 Å². The minimum Gasteiger partial charge on any atom is -0.370 e. The first-order valence-corrected chi connectivity index (χ1v) is 6.38. The second-order valence-electron chi connectivity index (χ2n) is 4.57. The predicted octanol–water partition coefficient (Wildman–Crippen LogP) is 3.70.